The first-order valence-electron chi connectivity index (χ1n) is 9.16. The van der Waals surface area contributed by atoms with Crippen LogP contribution in [0.3, 0.4) is 0 Å². The van der Waals surface area contributed by atoms with Crippen LogP contribution in [0.4, 0.5) is 5.13 Å². The Morgan fingerprint density at radius 2 is 1.58 bits per heavy atom. The topological polar surface area (TPSA) is 42.0 Å². The van der Waals surface area contributed by atoms with Crippen molar-refractivity contribution in [2.24, 2.45) is 0 Å². The van der Waals surface area contributed by atoms with Gasteiger partial charge in [0.05, 0.1) is 5.69 Å². The van der Waals surface area contributed by atoms with Crippen LogP contribution in [-0.4, -0.2) is 10.9 Å². The fourth-order valence-corrected chi connectivity index (χ4v) is 3.99. The number of nitrogens with one attached hydrogen (secondary N) is 1. The number of carbonyl (C=O) groups is 1. The van der Waals surface area contributed by atoms with E-state index in [1.54, 1.807) is 11.3 Å². The van der Waals surface area contributed by atoms with E-state index in [-0.39, 0.29) is 5.91 Å². The van der Waals surface area contributed by atoms with Gasteiger partial charge in [-0.3, -0.25) is 4.79 Å². The van der Waals surface area contributed by atoms with Gasteiger partial charge in [-0.05, 0) is 24.0 Å². The average molecular weight is 365 g/mol. The fraction of sp³-hybridized carbons (Fsp3) is 0.273. The normalized spacial score (nSPS) is 10.7. The summed E-state index contributed by atoms with van der Waals surface area (Å²) in [7, 11) is 0. The lowest BCUT2D eigenvalue weighted by molar-refractivity contribution is -0.116. The number of anilines is 1. The Hall–Kier alpha value is -2.46. The largest absolute Gasteiger partial charge is 0.302 e. The predicted octanol–water partition coefficient (Wildman–Crippen LogP) is 6.17. The zero-order chi connectivity index (χ0) is 18.4. The lowest BCUT2D eigenvalue weighted by Gasteiger charge is -2.04. The lowest BCUT2D eigenvalue weighted by atomic mass is 10.0. The van der Waals surface area contributed by atoms with Crippen molar-refractivity contribution in [3.8, 4) is 22.4 Å². The highest BCUT2D eigenvalue weighted by molar-refractivity contribution is 7.16. The molecule has 26 heavy (non-hydrogen) atoms. The number of hydrogen-bond donors (Lipinski definition) is 1. The minimum Gasteiger partial charge on any atom is -0.302 e. The van der Waals surface area contributed by atoms with Gasteiger partial charge >= 0.3 is 0 Å². The van der Waals surface area contributed by atoms with Gasteiger partial charge in [0, 0.05) is 16.9 Å². The SMILES string of the molecule is CCCC(=O)Nc1nc(-c2ccc(-c3ccccc3)cc2)c(CCC)s1. The molecule has 1 heterocycles. The first-order chi connectivity index (χ1) is 12.7. The van der Waals surface area contributed by atoms with Crippen LogP contribution < -0.4 is 5.32 Å². The standard InChI is InChI=1S/C22H24N2OS/c1-3-8-19-21(24-22(26-19)23-20(25)9-4-2)18-14-12-17(13-15-18)16-10-6-5-7-11-16/h5-7,10-15H,3-4,8-9H2,1-2H3,(H,23,24,25). The summed E-state index contributed by atoms with van der Waals surface area (Å²) in [6, 6.07) is 18.9. The van der Waals surface area contributed by atoms with Gasteiger partial charge in [0.2, 0.25) is 5.91 Å². The second-order valence-electron chi connectivity index (χ2n) is 6.28. The Morgan fingerprint density at radius 3 is 2.23 bits per heavy atom. The Balaban J connectivity index is 1.87. The molecule has 0 atom stereocenters. The second-order valence-corrected chi connectivity index (χ2v) is 7.37. The first-order valence-corrected chi connectivity index (χ1v) is 9.98. The van der Waals surface area contributed by atoms with Gasteiger partial charge in [-0.1, -0.05) is 74.9 Å². The molecule has 1 amide bonds. The molecule has 1 N–H and O–H groups in total. The van der Waals surface area contributed by atoms with Crippen LogP contribution in [0.15, 0.2) is 54.6 Å². The van der Waals surface area contributed by atoms with E-state index in [1.807, 2.05) is 25.1 Å². The fourth-order valence-electron chi connectivity index (χ4n) is 2.89. The third-order valence-corrected chi connectivity index (χ3v) is 5.19. The first kappa shape index (κ1) is 18.3. The maximum Gasteiger partial charge on any atom is 0.226 e. The number of carbonyl (C=O) groups excluding carboxylic acids is 1. The van der Waals surface area contributed by atoms with Crippen LogP contribution in [0, 0.1) is 0 Å². The molecule has 0 bridgehead atoms. The molecule has 3 aromatic rings. The van der Waals surface area contributed by atoms with E-state index >= 15 is 0 Å². The van der Waals surface area contributed by atoms with Crippen molar-refractivity contribution >= 4 is 22.4 Å². The lowest BCUT2D eigenvalue weighted by Crippen LogP contribution is -2.10. The summed E-state index contributed by atoms with van der Waals surface area (Å²) >= 11 is 1.59. The zero-order valence-corrected chi connectivity index (χ0v) is 16.1. The third kappa shape index (κ3) is 4.38. The number of hydrogen-bond acceptors (Lipinski definition) is 3. The molecule has 3 rings (SSSR count). The van der Waals surface area contributed by atoms with Crippen molar-refractivity contribution in [1.29, 1.82) is 0 Å². The molecule has 0 aliphatic carbocycles. The quantitative estimate of drug-likeness (QED) is 0.545. The molecule has 2 aromatic carbocycles. The van der Waals surface area contributed by atoms with E-state index in [9.17, 15) is 4.79 Å². The highest BCUT2D eigenvalue weighted by atomic mass is 32.1. The third-order valence-electron chi connectivity index (χ3n) is 4.16. The van der Waals surface area contributed by atoms with Crippen LogP contribution in [0.5, 0.6) is 0 Å². The molecule has 0 unspecified atom stereocenters. The summed E-state index contributed by atoms with van der Waals surface area (Å²) in [5, 5.41) is 3.64. The summed E-state index contributed by atoms with van der Waals surface area (Å²) in [5.74, 6) is 0.0373. The van der Waals surface area contributed by atoms with Crippen LogP contribution >= 0.6 is 11.3 Å². The van der Waals surface area contributed by atoms with Gasteiger partial charge in [-0.2, -0.15) is 0 Å². The minimum atomic E-state index is 0.0373. The molecule has 0 spiro atoms. The van der Waals surface area contributed by atoms with Crippen molar-refractivity contribution in [1.82, 2.24) is 4.98 Å². The van der Waals surface area contributed by atoms with Crippen molar-refractivity contribution in [2.45, 2.75) is 39.5 Å². The van der Waals surface area contributed by atoms with Gasteiger partial charge in [0.1, 0.15) is 0 Å². The van der Waals surface area contributed by atoms with Crippen molar-refractivity contribution in [2.75, 3.05) is 5.32 Å². The van der Waals surface area contributed by atoms with E-state index in [2.05, 4.69) is 48.6 Å². The van der Waals surface area contributed by atoms with E-state index in [4.69, 9.17) is 4.98 Å². The predicted molar refractivity (Wildman–Crippen MR) is 111 cm³/mol. The highest BCUT2D eigenvalue weighted by Gasteiger charge is 2.14. The molecular formula is C22H24N2OS. The molecule has 0 aliphatic heterocycles. The van der Waals surface area contributed by atoms with Crippen LogP contribution in [0.25, 0.3) is 22.4 Å². The van der Waals surface area contributed by atoms with E-state index in [0.717, 1.165) is 30.5 Å². The molecule has 0 radical (unpaired) electrons. The molecule has 3 nitrogen and oxygen atoms in total. The number of benzene rings is 2. The molecule has 134 valence electrons. The summed E-state index contributed by atoms with van der Waals surface area (Å²) < 4.78 is 0. The second kappa shape index (κ2) is 8.77. The number of amides is 1. The average Bonchev–Trinajstić information content (AvgIpc) is 3.05. The Morgan fingerprint density at radius 1 is 0.923 bits per heavy atom. The van der Waals surface area contributed by atoms with Crippen LogP contribution in [-0.2, 0) is 11.2 Å². The van der Waals surface area contributed by atoms with Crippen LogP contribution in [0.1, 0.15) is 38.0 Å². The molecule has 0 saturated heterocycles. The van der Waals surface area contributed by atoms with Crippen molar-refractivity contribution in [3.63, 3.8) is 0 Å². The van der Waals surface area contributed by atoms with Crippen molar-refractivity contribution in [3.05, 3.63) is 59.5 Å². The molecule has 0 aliphatic rings. The van der Waals surface area contributed by atoms with Crippen LogP contribution in [0.2, 0.25) is 0 Å². The van der Waals surface area contributed by atoms with Crippen molar-refractivity contribution < 1.29 is 4.79 Å². The molecule has 4 heteroatoms. The molecule has 0 saturated carbocycles. The number of aromatic nitrogens is 1. The number of aryl methyl sites for hydroxylation is 1. The van der Waals surface area contributed by atoms with E-state index < -0.39 is 0 Å². The molecular weight excluding hydrogens is 340 g/mol. The number of thiazole rings is 1. The summed E-state index contributed by atoms with van der Waals surface area (Å²) in [6.07, 6.45) is 3.40. The molecule has 0 fully saturated rings. The monoisotopic (exact) mass is 364 g/mol. The maximum absolute atomic E-state index is 11.9. The van der Waals surface area contributed by atoms with Gasteiger partial charge in [-0.25, -0.2) is 4.98 Å². The smallest absolute Gasteiger partial charge is 0.226 e. The molecule has 1 aromatic heterocycles. The highest BCUT2D eigenvalue weighted by Crippen LogP contribution is 2.33. The number of nitrogens with zero attached hydrogens (tertiary/aromatic N) is 1. The Bertz CT molecular complexity index is 854. The van der Waals surface area contributed by atoms with Gasteiger partial charge in [-0.15, -0.1) is 11.3 Å². The summed E-state index contributed by atoms with van der Waals surface area (Å²) in [5.41, 5.74) is 4.49. The number of rotatable bonds is 7. The minimum absolute atomic E-state index is 0.0373. The Labute approximate surface area is 159 Å². The summed E-state index contributed by atoms with van der Waals surface area (Å²) in [4.78, 5) is 17.8. The summed E-state index contributed by atoms with van der Waals surface area (Å²) in [6.45, 7) is 4.17. The van der Waals surface area contributed by atoms with Gasteiger partial charge in [0.15, 0.2) is 5.13 Å². The Kier molecular flexibility index (Phi) is 6.18. The van der Waals surface area contributed by atoms with E-state index in [0.29, 0.717) is 11.6 Å². The van der Waals surface area contributed by atoms with E-state index in [1.165, 1.54) is 16.0 Å². The zero-order valence-electron chi connectivity index (χ0n) is 15.3. The maximum atomic E-state index is 11.9. The van der Waals surface area contributed by atoms with Gasteiger partial charge in [0.25, 0.3) is 0 Å². The van der Waals surface area contributed by atoms with Gasteiger partial charge < -0.3 is 5.32 Å².